The maximum Gasteiger partial charge on any atom is 0.535 e. The molecule has 0 saturated heterocycles. The summed E-state index contributed by atoms with van der Waals surface area (Å²) in [5.41, 5.74) is 6.56. The summed E-state index contributed by atoms with van der Waals surface area (Å²) in [4.78, 5) is 4.18. The first-order chi connectivity index (χ1) is 6.65. The van der Waals surface area contributed by atoms with E-state index in [4.69, 9.17) is 10.2 Å². The maximum atomic E-state index is 5.67. The van der Waals surface area contributed by atoms with Crippen LogP contribution < -0.4 is 10.2 Å². The molecule has 72 valence electrons. The number of thiazole rings is 1. The molecule has 0 spiro atoms. The van der Waals surface area contributed by atoms with E-state index in [1.165, 1.54) is 11.3 Å². The lowest BCUT2D eigenvalue weighted by Gasteiger charge is -1.95. The van der Waals surface area contributed by atoms with E-state index >= 15 is 0 Å². The molecule has 14 heavy (non-hydrogen) atoms. The zero-order valence-corrected chi connectivity index (χ0v) is 9.89. The van der Waals surface area contributed by atoms with Gasteiger partial charge in [-0.15, -0.1) is 0 Å². The third-order valence-corrected chi connectivity index (χ3v) is 3.19. The van der Waals surface area contributed by atoms with Crippen molar-refractivity contribution >= 4 is 35.7 Å². The van der Waals surface area contributed by atoms with Crippen LogP contribution in [0.1, 0.15) is 0 Å². The van der Waals surface area contributed by atoms with Gasteiger partial charge < -0.3 is 10.2 Å². The lowest BCUT2D eigenvalue weighted by molar-refractivity contribution is 0.582. The number of rotatable bonds is 2. The van der Waals surface area contributed by atoms with E-state index in [2.05, 4.69) is 18.1 Å². The predicted molar refractivity (Wildman–Crippen MR) is 62.1 cm³/mol. The molecule has 1 aromatic heterocycles. The van der Waals surface area contributed by atoms with Gasteiger partial charge >= 0.3 is 9.04 Å². The van der Waals surface area contributed by atoms with Crippen LogP contribution in [0.2, 0.25) is 13.1 Å². The van der Waals surface area contributed by atoms with Crippen LogP contribution in [0.3, 0.4) is 0 Å². The third-order valence-electron chi connectivity index (χ3n) is 1.70. The molecule has 0 saturated carbocycles. The lowest BCUT2D eigenvalue weighted by atomic mass is 10.3. The van der Waals surface area contributed by atoms with Gasteiger partial charge in [-0.3, -0.25) is 0 Å². The van der Waals surface area contributed by atoms with Crippen LogP contribution in [-0.2, 0) is 0 Å². The van der Waals surface area contributed by atoms with E-state index in [0.29, 0.717) is 5.13 Å². The van der Waals surface area contributed by atoms with Gasteiger partial charge in [0.25, 0.3) is 0 Å². The first-order valence-electron chi connectivity index (χ1n) is 4.29. The average molecular weight is 223 g/mol. The van der Waals surface area contributed by atoms with Gasteiger partial charge in [0.05, 0.1) is 23.3 Å². The van der Waals surface area contributed by atoms with Crippen molar-refractivity contribution in [2.45, 2.75) is 13.1 Å². The minimum Gasteiger partial charge on any atom is -0.375 e. The smallest absolute Gasteiger partial charge is 0.375 e. The Labute approximate surface area is 88.3 Å². The van der Waals surface area contributed by atoms with Crippen LogP contribution in [0.25, 0.3) is 10.2 Å². The number of nitrogens with two attached hydrogens (primary N) is 1. The van der Waals surface area contributed by atoms with E-state index in [9.17, 15) is 0 Å². The number of fused-ring (bicyclic) bond motifs is 1. The Morgan fingerprint density at radius 1 is 1.43 bits per heavy atom. The molecule has 2 rings (SSSR count). The number of aromatic nitrogens is 1. The Hall–Kier alpha value is -1.07. The van der Waals surface area contributed by atoms with E-state index in [0.717, 1.165) is 16.0 Å². The molecule has 1 aromatic carbocycles. The minimum atomic E-state index is -0.695. The van der Waals surface area contributed by atoms with Crippen molar-refractivity contribution in [3.05, 3.63) is 18.2 Å². The van der Waals surface area contributed by atoms with Crippen molar-refractivity contribution in [2.75, 3.05) is 5.73 Å². The van der Waals surface area contributed by atoms with Crippen molar-refractivity contribution in [3.63, 3.8) is 0 Å². The molecular weight excluding hydrogens is 212 g/mol. The second kappa shape index (κ2) is 3.59. The van der Waals surface area contributed by atoms with E-state index in [1.54, 1.807) is 0 Å². The van der Waals surface area contributed by atoms with Crippen molar-refractivity contribution in [1.29, 1.82) is 0 Å². The van der Waals surface area contributed by atoms with Gasteiger partial charge in [0, 0.05) is 6.07 Å². The highest BCUT2D eigenvalue weighted by Gasteiger charge is 2.15. The summed E-state index contributed by atoms with van der Waals surface area (Å²) in [7, 11) is -0.695. The van der Waals surface area contributed by atoms with Gasteiger partial charge in [0.2, 0.25) is 0 Å². The largest absolute Gasteiger partial charge is 0.535 e. The molecule has 0 fully saturated rings. The van der Waals surface area contributed by atoms with Crippen LogP contribution in [0.15, 0.2) is 18.2 Å². The Bertz CT molecular complexity index is 455. The summed E-state index contributed by atoms with van der Waals surface area (Å²) in [6.45, 7) is 4.21. The van der Waals surface area contributed by atoms with E-state index in [-0.39, 0.29) is 0 Å². The normalized spacial score (nSPS) is 10.4. The molecular formula is C9H11N2OSSi+. The predicted octanol–water partition coefficient (Wildman–Crippen LogP) is 2.51. The van der Waals surface area contributed by atoms with Gasteiger partial charge in [-0.1, -0.05) is 11.3 Å². The second-order valence-electron chi connectivity index (χ2n) is 3.19. The van der Waals surface area contributed by atoms with Crippen LogP contribution in [0, 0.1) is 0 Å². The number of benzene rings is 1. The van der Waals surface area contributed by atoms with Gasteiger partial charge in [-0.05, 0) is 12.1 Å². The highest BCUT2D eigenvalue weighted by atomic mass is 32.1. The van der Waals surface area contributed by atoms with Crippen molar-refractivity contribution < 1.29 is 4.43 Å². The molecule has 0 aliphatic heterocycles. The lowest BCUT2D eigenvalue weighted by Crippen LogP contribution is -2.10. The first kappa shape index (κ1) is 9.48. The molecule has 2 N–H and O–H groups in total. The van der Waals surface area contributed by atoms with Crippen LogP contribution in [0.5, 0.6) is 5.75 Å². The molecule has 0 aliphatic rings. The summed E-state index contributed by atoms with van der Waals surface area (Å²) in [5.74, 6) is 0.917. The Morgan fingerprint density at radius 2 is 2.21 bits per heavy atom. The standard InChI is InChI=1S/C9H11N2OSSi/c1-14(2)12-6-3-4-7-8(5-6)13-9(10)11-7/h3-5H,1-2H3,(H2,10,11)/q+1. The number of nitrogen functional groups attached to an aromatic ring is 1. The number of hydrogen-bond acceptors (Lipinski definition) is 4. The summed E-state index contributed by atoms with van der Waals surface area (Å²) in [5, 5.41) is 0.607. The second-order valence-corrected chi connectivity index (χ2v) is 6.27. The maximum absolute atomic E-state index is 5.67. The van der Waals surface area contributed by atoms with Gasteiger partial charge in [0.15, 0.2) is 10.9 Å². The number of nitrogens with zero attached hydrogens (tertiary/aromatic N) is 1. The van der Waals surface area contributed by atoms with Gasteiger partial charge in [-0.2, -0.15) is 0 Å². The topological polar surface area (TPSA) is 48.1 Å². The summed E-state index contributed by atoms with van der Waals surface area (Å²) >= 11 is 1.49. The summed E-state index contributed by atoms with van der Waals surface area (Å²) < 4.78 is 6.76. The molecule has 0 aliphatic carbocycles. The summed E-state index contributed by atoms with van der Waals surface area (Å²) in [6.07, 6.45) is 0. The van der Waals surface area contributed by atoms with Crippen molar-refractivity contribution in [1.82, 2.24) is 4.98 Å². The van der Waals surface area contributed by atoms with Gasteiger partial charge in [-0.25, -0.2) is 4.98 Å². The van der Waals surface area contributed by atoms with E-state index in [1.807, 2.05) is 18.2 Å². The minimum absolute atomic E-state index is 0.607. The molecule has 3 nitrogen and oxygen atoms in total. The third kappa shape index (κ3) is 1.88. The molecule has 0 amide bonds. The molecule has 0 bridgehead atoms. The van der Waals surface area contributed by atoms with Crippen molar-refractivity contribution in [3.8, 4) is 5.75 Å². The zero-order valence-electron chi connectivity index (χ0n) is 8.07. The molecule has 5 heteroatoms. The van der Waals surface area contributed by atoms with Crippen LogP contribution in [-0.4, -0.2) is 14.0 Å². The van der Waals surface area contributed by atoms with Crippen LogP contribution in [0.4, 0.5) is 5.13 Å². The zero-order chi connectivity index (χ0) is 10.1. The fourth-order valence-electron chi connectivity index (χ4n) is 1.22. The fourth-order valence-corrected chi connectivity index (χ4v) is 2.58. The quantitative estimate of drug-likeness (QED) is 0.796. The SMILES string of the molecule is C[Si+](C)Oc1ccc2nc(N)sc2c1. The van der Waals surface area contributed by atoms with Crippen molar-refractivity contribution in [2.24, 2.45) is 0 Å². The van der Waals surface area contributed by atoms with Crippen LogP contribution >= 0.6 is 11.3 Å². The fraction of sp³-hybridized carbons (Fsp3) is 0.222. The molecule has 0 radical (unpaired) electrons. The van der Waals surface area contributed by atoms with E-state index < -0.39 is 9.04 Å². The molecule has 0 unspecified atom stereocenters. The highest BCUT2D eigenvalue weighted by Crippen LogP contribution is 2.27. The Kier molecular flexibility index (Phi) is 2.43. The molecule has 0 atom stereocenters. The monoisotopic (exact) mass is 223 g/mol. The average Bonchev–Trinajstić information content (AvgIpc) is 2.42. The highest BCUT2D eigenvalue weighted by molar-refractivity contribution is 7.22. The first-order valence-corrected chi connectivity index (χ1v) is 7.52. The Morgan fingerprint density at radius 3 is 2.93 bits per heavy atom. The number of anilines is 1. The molecule has 1 heterocycles. The number of hydrogen-bond donors (Lipinski definition) is 1. The summed E-state index contributed by atoms with van der Waals surface area (Å²) in [6, 6.07) is 5.89. The molecule has 2 aromatic rings. The van der Waals surface area contributed by atoms with Gasteiger partial charge in [0.1, 0.15) is 0 Å². The Balaban J connectivity index is 2.40.